The van der Waals surface area contributed by atoms with Crippen molar-refractivity contribution < 1.29 is 27.7 Å². The molecular weight excluding hydrogens is 319 g/mol. The normalized spacial score (nSPS) is 17.9. The predicted molar refractivity (Wildman–Crippen MR) is 72.5 cm³/mol. The third-order valence-corrected chi connectivity index (χ3v) is 3.42. The lowest BCUT2D eigenvalue weighted by molar-refractivity contribution is -0.383. The van der Waals surface area contributed by atoms with E-state index in [1.165, 1.54) is 18.2 Å². The van der Waals surface area contributed by atoms with Crippen LogP contribution in [-0.4, -0.2) is 40.4 Å². The Morgan fingerprint density at radius 1 is 1.30 bits per heavy atom. The van der Waals surface area contributed by atoms with Crippen LogP contribution in [0.2, 0.25) is 0 Å². The lowest BCUT2D eigenvalue weighted by Gasteiger charge is -2.24. The van der Waals surface area contributed by atoms with Crippen molar-refractivity contribution in [3.63, 3.8) is 0 Å². The average Bonchev–Trinajstić information content (AvgIpc) is 2.95. The quantitative estimate of drug-likeness (QED) is 0.678. The van der Waals surface area contributed by atoms with Gasteiger partial charge in [0.2, 0.25) is 5.91 Å². The highest BCUT2D eigenvalue weighted by Gasteiger charge is 2.47. The van der Waals surface area contributed by atoms with Gasteiger partial charge in [-0.05, 0) is 18.9 Å². The number of carbonyl (C=O) groups is 2. The standard InChI is InChI=1S/C13H12F3N3O4/c14-13(15,16)12(21)18-7-3-6-10(18)11(20)17-8-4-1-2-5-9(8)19(22)23/h1-2,4-5,10H,3,6-7H2,(H,17,20). The number of nitrogens with zero attached hydrogens (tertiary/aromatic N) is 2. The first kappa shape index (κ1) is 16.7. The van der Waals surface area contributed by atoms with Crippen molar-refractivity contribution in [1.82, 2.24) is 4.90 Å². The Balaban J connectivity index is 2.18. The molecule has 1 unspecified atom stereocenters. The van der Waals surface area contributed by atoms with Gasteiger partial charge in [-0.25, -0.2) is 0 Å². The Morgan fingerprint density at radius 2 is 1.96 bits per heavy atom. The molecule has 1 fully saturated rings. The van der Waals surface area contributed by atoms with Gasteiger partial charge in [-0.15, -0.1) is 0 Å². The number of hydrogen-bond donors (Lipinski definition) is 1. The van der Waals surface area contributed by atoms with Crippen LogP contribution in [0.25, 0.3) is 0 Å². The molecule has 7 nitrogen and oxygen atoms in total. The number of halogens is 3. The molecule has 0 aromatic heterocycles. The summed E-state index contributed by atoms with van der Waals surface area (Å²) in [4.78, 5) is 34.1. The summed E-state index contributed by atoms with van der Waals surface area (Å²) in [5.41, 5.74) is -0.513. The Morgan fingerprint density at radius 3 is 2.57 bits per heavy atom. The summed E-state index contributed by atoms with van der Waals surface area (Å²) in [6, 6.07) is 3.95. The predicted octanol–water partition coefficient (Wildman–Crippen LogP) is 2.09. The molecule has 0 saturated carbocycles. The van der Waals surface area contributed by atoms with Gasteiger partial charge in [0.25, 0.3) is 5.69 Å². The highest BCUT2D eigenvalue weighted by atomic mass is 19.4. The van der Waals surface area contributed by atoms with Gasteiger partial charge in [-0.1, -0.05) is 12.1 Å². The van der Waals surface area contributed by atoms with Gasteiger partial charge >= 0.3 is 12.1 Å². The molecule has 0 bridgehead atoms. The summed E-state index contributed by atoms with van der Waals surface area (Å²) in [5.74, 6) is -2.97. The van der Waals surface area contributed by atoms with Crippen molar-refractivity contribution in [2.24, 2.45) is 0 Å². The lowest BCUT2D eigenvalue weighted by Crippen LogP contribution is -2.48. The first-order chi connectivity index (χ1) is 10.7. The van der Waals surface area contributed by atoms with Gasteiger partial charge in [-0.2, -0.15) is 13.2 Å². The van der Waals surface area contributed by atoms with Crippen molar-refractivity contribution in [3.05, 3.63) is 34.4 Å². The van der Waals surface area contributed by atoms with Crippen molar-refractivity contribution in [2.45, 2.75) is 25.1 Å². The smallest absolute Gasteiger partial charge is 0.323 e. The summed E-state index contributed by atoms with van der Waals surface area (Å²) in [6.07, 6.45) is -4.76. The first-order valence-electron chi connectivity index (χ1n) is 6.64. The maximum atomic E-state index is 12.5. The fourth-order valence-electron chi connectivity index (χ4n) is 2.40. The van der Waals surface area contributed by atoms with Crippen LogP contribution in [0.4, 0.5) is 24.5 Å². The van der Waals surface area contributed by atoms with Crippen LogP contribution >= 0.6 is 0 Å². The zero-order valence-electron chi connectivity index (χ0n) is 11.7. The molecule has 1 aromatic rings. The number of amides is 2. The maximum absolute atomic E-state index is 12.5. The molecule has 1 aromatic carbocycles. The topological polar surface area (TPSA) is 92.5 Å². The monoisotopic (exact) mass is 331 g/mol. The molecule has 1 heterocycles. The van der Waals surface area contributed by atoms with Crippen LogP contribution in [0, 0.1) is 10.1 Å². The third kappa shape index (κ3) is 3.58. The fourth-order valence-corrected chi connectivity index (χ4v) is 2.40. The molecule has 1 saturated heterocycles. The largest absolute Gasteiger partial charge is 0.471 e. The van der Waals surface area contributed by atoms with Crippen LogP contribution in [0.15, 0.2) is 24.3 Å². The lowest BCUT2D eigenvalue weighted by atomic mass is 10.2. The van der Waals surface area contributed by atoms with Crippen molar-refractivity contribution >= 4 is 23.2 Å². The number of benzene rings is 1. The summed E-state index contributed by atoms with van der Waals surface area (Å²) in [6.45, 7) is -0.187. The zero-order chi connectivity index (χ0) is 17.2. The van der Waals surface area contributed by atoms with Gasteiger partial charge in [0, 0.05) is 12.6 Å². The number of nitro groups is 1. The molecule has 23 heavy (non-hydrogen) atoms. The number of nitrogens with one attached hydrogen (secondary N) is 1. The Bertz CT molecular complexity index is 648. The van der Waals surface area contributed by atoms with Crippen LogP contribution in [0.1, 0.15) is 12.8 Å². The number of hydrogen-bond acceptors (Lipinski definition) is 4. The van der Waals surface area contributed by atoms with E-state index >= 15 is 0 Å². The molecule has 1 N–H and O–H groups in total. The Hall–Kier alpha value is -2.65. The number of nitro benzene ring substituents is 1. The minimum atomic E-state index is -5.07. The molecule has 1 aliphatic heterocycles. The highest BCUT2D eigenvalue weighted by molar-refractivity contribution is 5.99. The first-order valence-corrected chi connectivity index (χ1v) is 6.64. The highest BCUT2D eigenvalue weighted by Crippen LogP contribution is 2.28. The van der Waals surface area contributed by atoms with E-state index in [9.17, 15) is 32.9 Å². The van der Waals surface area contributed by atoms with Crippen molar-refractivity contribution in [2.75, 3.05) is 11.9 Å². The van der Waals surface area contributed by atoms with Crippen molar-refractivity contribution in [1.29, 1.82) is 0 Å². The number of carbonyl (C=O) groups excluding carboxylic acids is 2. The summed E-state index contributed by atoms with van der Waals surface area (Å²) < 4.78 is 37.6. The van der Waals surface area contributed by atoms with E-state index in [1.807, 2.05) is 0 Å². The number of para-hydroxylation sites is 2. The molecular formula is C13H12F3N3O4. The SMILES string of the molecule is O=C(Nc1ccccc1[N+](=O)[O-])C1CCCN1C(=O)C(F)(F)F. The van der Waals surface area contributed by atoms with E-state index < -0.39 is 29.0 Å². The van der Waals surface area contributed by atoms with E-state index in [4.69, 9.17) is 0 Å². The van der Waals surface area contributed by atoms with E-state index in [2.05, 4.69) is 5.32 Å². The Labute approximate surface area is 128 Å². The molecule has 1 aliphatic rings. The van der Waals surface area contributed by atoms with E-state index in [0.717, 1.165) is 6.07 Å². The van der Waals surface area contributed by atoms with Gasteiger partial charge < -0.3 is 10.2 Å². The number of anilines is 1. The summed E-state index contributed by atoms with van der Waals surface area (Å²) >= 11 is 0. The minimum Gasteiger partial charge on any atom is -0.323 e. The second-order valence-corrected chi connectivity index (χ2v) is 4.92. The second kappa shape index (κ2) is 6.23. The van der Waals surface area contributed by atoms with Crippen LogP contribution in [0.3, 0.4) is 0 Å². The van der Waals surface area contributed by atoms with E-state index in [-0.39, 0.29) is 30.8 Å². The average molecular weight is 331 g/mol. The second-order valence-electron chi connectivity index (χ2n) is 4.92. The summed E-state index contributed by atoms with van der Waals surface area (Å²) in [7, 11) is 0. The molecule has 0 aliphatic carbocycles. The third-order valence-electron chi connectivity index (χ3n) is 3.42. The fraction of sp³-hybridized carbons (Fsp3) is 0.385. The van der Waals surface area contributed by atoms with Crippen LogP contribution in [-0.2, 0) is 9.59 Å². The number of likely N-dealkylation sites (tertiary alicyclic amines) is 1. The summed E-state index contributed by atoms with van der Waals surface area (Å²) in [5, 5.41) is 13.1. The van der Waals surface area contributed by atoms with E-state index in [0.29, 0.717) is 4.90 Å². The molecule has 10 heteroatoms. The van der Waals surface area contributed by atoms with Crippen molar-refractivity contribution in [3.8, 4) is 0 Å². The van der Waals surface area contributed by atoms with Gasteiger partial charge in [-0.3, -0.25) is 19.7 Å². The van der Waals surface area contributed by atoms with Gasteiger partial charge in [0.15, 0.2) is 0 Å². The van der Waals surface area contributed by atoms with Gasteiger partial charge in [0.05, 0.1) is 4.92 Å². The maximum Gasteiger partial charge on any atom is 0.471 e. The van der Waals surface area contributed by atoms with Crippen LogP contribution < -0.4 is 5.32 Å². The molecule has 0 radical (unpaired) electrons. The molecule has 0 spiro atoms. The number of alkyl halides is 3. The number of rotatable bonds is 3. The molecule has 1 atom stereocenters. The van der Waals surface area contributed by atoms with Crippen LogP contribution in [0.5, 0.6) is 0 Å². The van der Waals surface area contributed by atoms with Gasteiger partial charge in [0.1, 0.15) is 11.7 Å². The molecule has 2 rings (SSSR count). The minimum absolute atomic E-state index is 0.0638. The molecule has 124 valence electrons. The molecule has 2 amide bonds. The Kier molecular flexibility index (Phi) is 4.52. The zero-order valence-corrected chi connectivity index (χ0v) is 11.7. The van der Waals surface area contributed by atoms with E-state index in [1.54, 1.807) is 0 Å².